The van der Waals surface area contributed by atoms with Gasteiger partial charge >= 0.3 is 5.97 Å². The van der Waals surface area contributed by atoms with Crippen LogP contribution in [0.2, 0.25) is 0 Å². The first-order valence-electron chi connectivity index (χ1n) is 14.3. The van der Waals surface area contributed by atoms with Gasteiger partial charge in [0.05, 0.1) is 17.9 Å². The Kier molecular flexibility index (Phi) is 12.0. The Hall–Kier alpha value is -5.22. The lowest BCUT2D eigenvalue weighted by Gasteiger charge is -2.12. The number of benzene rings is 4. The molecular formula is C35H32FN3O5S. The number of hydrogen-bond acceptors (Lipinski definition) is 6. The van der Waals surface area contributed by atoms with Crippen molar-refractivity contribution >= 4 is 52.9 Å². The maximum absolute atomic E-state index is 13.4. The Morgan fingerprint density at radius 3 is 2.09 bits per heavy atom. The summed E-state index contributed by atoms with van der Waals surface area (Å²) in [7, 11) is 0. The fourth-order valence-electron chi connectivity index (χ4n) is 3.93. The topological polar surface area (TPSA) is 114 Å². The Balaban J connectivity index is 1.32. The maximum atomic E-state index is 13.4. The number of amides is 3. The van der Waals surface area contributed by atoms with E-state index in [-0.39, 0.29) is 17.4 Å². The summed E-state index contributed by atoms with van der Waals surface area (Å²) < 4.78 is 18.6. The van der Waals surface area contributed by atoms with Crippen molar-refractivity contribution in [2.75, 3.05) is 23.0 Å². The molecule has 0 heterocycles. The molecule has 8 nitrogen and oxygen atoms in total. The standard InChI is InChI=1S/C35H32FN3O5S/c1-2-3-21-44-35(43)26-11-15-28(16-12-26)37-32(40)23-45-30-19-17-29(18-20-30)38-34(42)31(22-24-9-13-27(36)14-10-24)39-33(41)25-7-5-4-6-8-25/h4-20,22H,2-3,21,23H2,1H3,(H,37,40)(H,38,42)(H,39,41)/b31-22-. The number of rotatable bonds is 13. The Morgan fingerprint density at radius 1 is 0.778 bits per heavy atom. The molecule has 0 aliphatic rings. The first kappa shape index (κ1) is 32.7. The Bertz CT molecular complexity index is 1640. The lowest BCUT2D eigenvalue weighted by atomic mass is 10.1. The Labute approximate surface area is 265 Å². The highest BCUT2D eigenvalue weighted by Crippen LogP contribution is 2.22. The summed E-state index contributed by atoms with van der Waals surface area (Å²) in [6.07, 6.45) is 3.21. The van der Waals surface area contributed by atoms with E-state index in [1.54, 1.807) is 78.9 Å². The summed E-state index contributed by atoms with van der Waals surface area (Å²) in [5, 5.41) is 8.21. The van der Waals surface area contributed by atoms with E-state index in [0.717, 1.165) is 17.7 Å². The summed E-state index contributed by atoms with van der Waals surface area (Å²) in [6, 6.07) is 27.4. The summed E-state index contributed by atoms with van der Waals surface area (Å²) in [6.45, 7) is 2.39. The van der Waals surface area contributed by atoms with Crippen LogP contribution >= 0.6 is 11.8 Å². The van der Waals surface area contributed by atoms with Gasteiger partial charge in [0.1, 0.15) is 11.5 Å². The molecule has 0 spiro atoms. The molecule has 4 rings (SSSR count). The molecule has 0 bridgehead atoms. The van der Waals surface area contributed by atoms with Crippen LogP contribution in [0.25, 0.3) is 6.08 Å². The number of unbranched alkanes of at least 4 members (excludes halogenated alkanes) is 1. The molecule has 45 heavy (non-hydrogen) atoms. The highest BCUT2D eigenvalue weighted by atomic mass is 32.2. The summed E-state index contributed by atoms with van der Waals surface area (Å²) >= 11 is 1.31. The molecular weight excluding hydrogens is 593 g/mol. The zero-order valence-electron chi connectivity index (χ0n) is 24.5. The third-order valence-corrected chi connectivity index (χ3v) is 7.34. The predicted octanol–water partition coefficient (Wildman–Crippen LogP) is 6.92. The largest absolute Gasteiger partial charge is 0.462 e. The monoisotopic (exact) mass is 625 g/mol. The van der Waals surface area contributed by atoms with Gasteiger partial charge in [0.2, 0.25) is 5.91 Å². The second-order valence-corrected chi connectivity index (χ2v) is 10.9. The van der Waals surface area contributed by atoms with Crippen LogP contribution < -0.4 is 16.0 Å². The van der Waals surface area contributed by atoms with Crippen molar-refractivity contribution in [2.24, 2.45) is 0 Å². The number of halogens is 1. The number of anilines is 2. The molecule has 0 atom stereocenters. The smallest absolute Gasteiger partial charge is 0.338 e. The van der Waals surface area contributed by atoms with Crippen LogP contribution in [0.15, 0.2) is 114 Å². The summed E-state index contributed by atoms with van der Waals surface area (Å²) in [5.74, 6) is -1.93. The van der Waals surface area contributed by atoms with Crippen LogP contribution in [0.4, 0.5) is 15.8 Å². The minimum absolute atomic E-state index is 0.0213. The van der Waals surface area contributed by atoms with Gasteiger partial charge in [-0.2, -0.15) is 0 Å². The Morgan fingerprint density at radius 2 is 1.42 bits per heavy atom. The zero-order chi connectivity index (χ0) is 32.0. The van der Waals surface area contributed by atoms with Gasteiger partial charge in [-0.05, 0) is 90.9 Å². The number of nitrogens with one attached hydrogen (secondary N) is 3. The van der Waals surface area contributed by atoms with Crippen molar-refractivity contribution in [3.05, 3.63) is 131 Å². The number of thioether (sulfide) groups is 1. The minimum atomic E-state index is -0.566. The number of esters is 1. The third kappa shape index (κ3) is 10.5. The second kappa shape index (κ2) is 16.6. The number of carbonyl (C=O) groups excluding carboxylic acids is 4. The molecule has 0 fully saturated rings. The second-order valence-electron chi connectivity index (χ2n) is 9.81. The van der Waals surface area contributed by atoms with Gasteiger partial charge in [-0.1, -0.05) is 43.7 Å². The van der Waals surface area contributed by atoms with Gasteiger partial charge in [-0.15, -0.1) is 11.8 Å². The van der Waals surface area contributed by atoms with E-state index >= 15 is 0 Å². The first-order valence-corrected chi connectivity index (χ1v) is 15.2. The van der Waals surface area contributed by atoms with E-state index in [1.807, 2.05) is 6.92 Å². The molecule has 10 heteroatoms. The van der Waals surface area contributed by atoms with E-state index in [2.05, 4.69) is 16.0 Å². The van der Waals surface area contributed by atoms with Crippen molar-refractivity contribution in [1.82, 2.24) is 5.32 Å². The van der Waals surface area contributed by atoms with Crippen molar-refractivity contribution in [1.29, 1.82) is 0 Å². The number of hydrogen-bond donors (Lipinski definition) is 3. The van der Waals surface area contributed by atoms with Crippen molar-refractivity contribution in [2.45, 2.75) is 24.7 Å². The molecule has 0 aliphatic carbocycles. The molecule has 4 aromatic carbocycles. The molecule has 0 saturated carbocycles. The van der Waals surface area contributed by atoms with E-state index in [4.69, 9.17) is 4.74 Å². The van der Waals surface area contributed by atoms with Gasteiger partial charge in [-0.25, -0.2) is 9.18 Å². The first-order chi connectivity index (χ1) is 21.8. The van der Waals surface area contributed by atoms with E-state index < -0.39 is 23.6 Å². The number of carbonyl (C=O) groups is 4. The maximum Gasteiger partial charge on any atom is 0.338 e. The van der Waals surface area contributed by atoms with Gasteiger partial charge < -0.3 is 20.7 Å². The van der Waals surface area contributed by atoms with Crippen molar-refractivity contribution in [3.8, 4) is 0 Å². The fourth-order valence-corrected chi connectivity index (χ4v) is 4.63. The van der Waals surface area contributed by atoms with Crippen LogP contribution in [0.1, 0.15) is 46.0 Å². The molecule has 3 N–H and O–H groups in total. The van der Waals surface area contributed by atoms with Gasteiger partial charge in [0, 0.05) is 21.8 Å². The molecule has 3 amide bonds. The highest BCUT2D eigenvalue weighted by molar-refractivity contribution is 8.00. The third-order valence-electron chi connectivity index (χ3n) is 6.33. The average molecular weight is 626 g/mol. The fraction of sp³-hybridized carbons (Fsp3) is 0.143. The van der Waals surface area contributed by atoms with Crippen molar-refractivity contribution < 1.29 is 28.3 Å². The van der Waals surface area contributed by atoms with E-state index in [9.17, 15) is 23.6 Å². The molecule has 0 aromatic heterocycles. The molecule has 230 valence electrons. The van der Waals surface area contributed by atoms with Gasteiger partial charge in [0.25, 0.3) is 11.8 Å². The van der Waals surface area contributed by atoms with Gasteiger partial charge in [-0.3, -0.25) is 14.4 Å². The molecule has 0 aliphatic heterocycles. The van der Waals surface area contributed by atoms with Crippen molar-refractivity contribution in [3.63, 3.8) is 0 Å². The van der Waals surface area contributed by atoms with Crippen LogP contribution in [0, 0.1) is 5.82 Å². The van der Waals surface area contributed by atoms with E-state index in [0.29, 0.717) is 34.7 Å². The highest BCUT2D eigenvalue weighted by Gasteiger charge is 2.15. The van der Waals surface area contributed by atoms with E-state index in [1.165, 1.54) is 42.1 Å². The normalized spacial score (nSPS) is 10.9. The zero-order valence-corrected chi connectivity index (χ0v) is 25.4. The summed E-state index contributed by atoms with van der Waals surface area (Å²) in [5.41, 5.74) is 2.34. The molecule has 4 aromatic rings. The average Bonchev–Trinajstić information content (AvgIpc) is 3.06. The quantitative estimate of drug-likeness (QED) is 0.0643. The van der Waals surface area contributed by atoms with Crippen LogP contribution in [-0.2, 0) is 14.3 Å². The number of ether oxygens (including phenoxy) is 1. The SMILES string of the molecule is CCCCOC(=O)c1ccc(NC(=O)CSc2ccc(NC(=O)/C(=C/c3ccc(F)cc3)NC(=O)c3ccccc3)cc2)cc1. The van der Waals surface area contributed by atoms with Crippen LogP contribution in [0.3, 0.4) is 0 Å². The molecule has 0 unspecified atom stereocenters. The van der Waals surface area contributed by atoms with Crippen LogP contribution in [0.5, 0.6) is 0 Å². The minimum Gasteiger partial charge on any atom is -0.462 e. The van der Waals surface area contributed by atoms with Crippen LogP contribution in [-0.4, -0.2) is 36.1 Å². The molecule has 0 saturated heterocycles. The lowest BCUT2D eigenvalue weighted by molar-refractivity contribution is -0.114. The van der Waals surface area contributed by atoms with Gasteiger partial charge in [0.15, 0.2) is 0 Å². The molecule has 0 radical (unpaired) electrons. The summed E-state index contributed by atoms with van der Waals surface area (Å²) in [4.78, 5) is 51.3. The lowest BCUT2D eigenvalue weighted by Crippen LogP contribution is -2.30. The predicted molar refractivity (Wildman–Crippen MR) is 174 cm³/mol.